The van der Waals surface area contributed by atoms with Crippen molar-refractivity contribution in [1.82, 2.24) is 4.98 Å². The molecule has 0 saturated heterocycles. The molecular formula is C15H19NO2. The van der Waals surface area contributed by atoms with E-state index in [1.807, 2.05) is 0 Å². The lowest BCUT2D eigenvalue weighted by atomic mass is 9.86. The van der Waals surface area contributed by atoms with Crippen molar-refractivity contribution in [2.45, 2.75) is 44.9 Å². The van der Waals surface area contributed by atoms with E-state index in [2.05, 4.69) is 4.98 Å². The second-order valence-corrected chi connectivity index (χ2v) is 5.30. The molecule has 2 aromatic rings. The highest BCUT2D eigenvalue weighted by Crippen LogP contribution is 2.28. The van der Waals surface area contributed by atoms with Crippen molar-refractivity contribution in [2.24, 2.45) is 5.92 Å². The van der Waals surface area contributed by atoms with Gasteiger partial charge in [-0.05, 0) is 24.5 Å². The first-order valence-electron chi connectivity index (χ1n) is 6.90. The molecule has 3 rings (SSSR count). The molecule has 0 atom stereocenters. The molecule has 1 aromatic carbocycles. The summed E-state index contributed by atoms with van der Waals surface area (Å²) >= 11 is 0. The summed E-state index contributed by atoms with van der Waals surface area (Å²) in [4.78, 5) is 4.43. The average molecular weight is 245 g/mol. The second kappa shape index (κ2) is 5.01. The fraction of sp³-hybridized carbons (Fsp3) is 0.533. The molecule has 96 valence electrons. The zero-order valence-corrected chi connectivity index (χ0v) is 10.6. The van der Waals surface area contributed by atoms with Crippen LogP contribution in [0.4, 0.5) is 0 Å². The maximum atomic E-state index is 9.39. The van der Waals surface area contributed by atoms with E-state index >= 15 is 0 Å². The minimum Gasteiger partial charge on any atom is -0.508 e. The fourth-order valence-electron chi connectivity index (χ4n) is 2.87. The van der Waals surface area contributed by atoms with Crippen molar-refractivity contribution in [3.05, 3.63) is 24.1 Å². The Hall–Kier alpha value is -1.51. The van der Waals surface area contributed by atoms with Gasteiger partial charge in [-0.15, -0.1) is 0 Å². The van der Waals surface area contributed by atoms with Crippen LogP contribution in [0.15, 0.2) is 22.6 Å². The Bertz CT molecular complexity index is 526. The Morgan fingerprint density at radius 1 is 1.22 bits per heavy atom. The lowest BCUT2D eigenvalue weighted by Crippen LogP contribution is -2.07. The monoisotopic (exact) mass is 245 g/mol. The molecule has 0 unspecified atom stereocenters. The number of phenols is 1. The highest BCUT2D eigenvalue weighted by atomic mass is 16.3. The van der Waals surface area contributed by atoms with E-state index in [4.69, 9.17) is 4.42 Å². The van der Waals surface area contributed by atoms with Crippen molar-refractivity contribution < 1.29 is 9.52 Å². The van der Waals surface area contributed by atoms with E-state index in [-0.39, 0.29) is 5.75 Å². The van der Waals surface area contributed by atoms with Crippen molar-refractivity contribution >= 4 is 11.1 Å². The number of aromatic hydroxyl groups is 1. The molecule has 0 spiro atoms. The Morgan fingerprint density at radius 3 is 2.89 bits per heavy atom. The number of aromatic nitrogens is 1. The molecule has 0 bridgehead atoms. The van der Waals surface area contributed by atoms with Gasteiger partial charge in [0.1, 0.15) is 11.3 Å². The summed E-state index contributed by atoms with van der Waals surface area (Å²) in [5.74, 6) is 1.90. The van der Waals surface area contributed by atoms with E-state index in [9.17, 15) is 5.11 Å². The first-order chi connectivity index (χ1) is 8.81. The molecule has 1 N–H and O–H groups in total. The number of hydrogen-bond donors (Lipinski definition) is 1. The molecule has 1 aliphatic carbocycles. The second-order valence-electron chi connectivity index (χ2n) is 5.30. The van der Waals surface area contributed by atoms with Gasteiger partial charge in [-0.25, -0.2) is 4.98 Å². The van der Waals surface area contributed by atoms with E-state index in [1.54, 1.807) is 18.2 Å². The van der Waals surface area contributed by atoms with Crippen LogP contribution in [0.1, 0.15) is 44.4 Å². The maximum absolute atomic E-state index is 9.39. The third kappa shape index (κ3) is 2.50. The summed E-state index contributed by atoms with van der Waals surface area (Å²) < 4.78 is 5.69. The van der Waals surface area contributed by atoms with Crippen LogP contribution in [0.3, 0.4) is 0 Å². The molecule has 1 saturated carbocycles. The predicted molar refractivity (Wildman–Crippen MR) is 70.6 cm³/mol. The normalized spacial score (nSPS) is 17.3. The van der Waals surface area contributed by atoms with Crippen LogP contribution >= 0.6 is 0 Å². The number of hydrogen-bond acceptors (Lipinski definition) is 3. The molecule has 18 heavy (non-hydrogen) atoms. The summed E-state index contributed by atoms with van der Waals surface area (Å²) in [7, 11) is 0. The molecule has 3 heteroatoms. The lowest BCUT2D eigenvalue weighted by molar-refractivity contribution is 0.330. The maximum Gasteiger partial charge on any atom is 0.195 e. The van der Waals surface area contributed by atoms with Gasteiger partial charge in [0.15, 0.2) is 11.5 Å². The van der Waals surface area contributed by atoms with E-state index in [1.165, 1.54) is 38.5 Å². The summed E-state index contributed by atoms with van der Waals surface area (Å²) in [5.41, 5.74) is 1.53. The van der Waals surface area contributed by atoms with Gasteiger partial charge in [-0.2, -0.15) is 0 Å². The van der Waals surface area contributed by atoms with Crippen molar-refractivity contribution in [1.29, 1.82) is 0 Å². The van der Waals surface area contributed by atoms with Gasteiger partial charge < -0.3 is 9.52 Å². The quantitative estimate of drug-likeness (QED) is 0.887. The number of fused-ring (bicyclic) bond motifs is 1. The molecule has 0 amide bonds. The van der Waals surface area contributed by atoms with Gasteiger partial charge in [0.05, 0.1) is 0 Å². The number of oxazole rings is 1. The SMILES string of the molecule is Oc1ccc2oc(CCC3CCCCC3)nc2c1. The van der Waals surface area contributed by atoms with Crippen LogP contribution in [0.25, 0.3) is 11.1 Å². The Morgan fingerprint density at radius 2 is 2.06 bits per heavy atom. The first kappa shape index (κ1) is 11.6. The van der Waals surface area contributed by atoms with Crippen LogP contribution in [0, 0.1) is 5.92 Å². The lowest BCUT2D eigenvalue weighted by Gasteiger charge is -2.20. The Labute approximate surface area is 107 Å². The summed E-state index contributed by atoms with van der Waals surface area (Å²) in [6.07, 6.45) is 8.98. The van der Waals surface area contributed by atoms with Gasteiger partial charge in [0.25, 0.3) is 0 Å². The summed E-state index contributed by atoms with van der Waals surface area (Å²) in [6, 6.07) is 5.07. The van der Waals surface area contributed by atoms with Gasteiger partial charge in [0, 0.05) is 12.5 Å². The van der Waals surface area contributed by atoms with Gasteiger partial charge in [-0.3, -0.25) is 0 Å². The molecule has 3 nitrogen and oxygen atoms in total. The first-order valence-corrected chi connectivity index (χ1v) is 6.90. The Balaban J connectivity index is 1.67. The zero-order valence-electron chi connectivity index (χ0n) is 10.6. The van der Waals surface area contributed by atoms with Crippen molar-refractivity contribution in [3.63, 3.8) is 0 Å². The van der Waals surface area contributed by atoms with E-state index in [0.717, 1.165) is 29.3 Å². The minimum absolute atomic E-state index is 0.245. The Kier molecular flexibility index (Phi) is 3.22. The van der Waals surface area contributed by atoms with E-state index in [0.29, 0.717) is 0 Å². The average Bonchev–Trinajstić information content (AvgIpc) is 2.79. The van der Waals surface area contributed by atoms with Crippen LogP contribution in [-0.4, -0.2) is 10.1 Å². The number of phenolic OH excluding ortho intramolecular Hbond substituents is 1. The molecule has 0 radical (unpaired) electrons. The number of rotatable bonds is 3. The standard InChI is InChI=1S/C15H19NO2/c17-12-7-8-14-13(10-12)16-15(18-14)9-6-11-4-2-1-3-5-11/h7-8,10-11,17H,1-6,9H2. The largest absolute Gasteiger partial charge is 0.508 e. The van der Waals surface area contributed by atoms with E-state index < -0.39 is 0 Å². The smallest absolute Gasteiger partial charge is 0.195 e. The molecule has 1 aromatic heterocycles. The predicted octanol–water partition coefficient (Wildman–Crippen LogP) is 4.05. The number of nitrogens with zero attached hydrogens (tertiary/aromatic N) is 1. The third-order valence-corrected chi connectivity index (χ3v) is 3.91. The molecule has 1 heterocycles. The van der Waals surface area contributed by atoms with Crippen LogP contribution < -0.4 is 0 Å². The van der Waals surface area contributed by atoms with Gasteiger partial charge in [0.2, 0.25) is 0 Å². The van der Waals surface area contributed by atoms with Crippen LogP contribution in [-0.2, 0) is 6.42 Å². The molecule has 1 aliphatic rings. The molecule has 1 fully saturated rings. The van der Waals surface area contributed by atoms with Crippen molar-refractivity contribution in [3.8, 4) is 5.75 Å². The number of aryl methyl sites for hydroxylation is 1. The molecular weight excluding hydrogens is 226 g/mol. The number of benzene rings is 1. The summed E-state index contributed by atoms with van der Waals surface area (Å²) in [6.45, 7) is 0. The van der Waals surface area contributed by atoms with Gasteiger partial charge in [-0.1, -0.05) is 32.1 Å². The minimum atomic E-state index is 0.245. The third-order valence-electron chi connectivity index (χ3n) is 3.91. The molecule has 0 aliphatic heterocycles. The zero-order chi connectivity index (χ0) is 12.4. The fourth-order valence-corrected chi connectivity index (χ4v) is 2.87. The van der Waals surface area contributed by atoms with Gasteiger partial charge >= 0.3 is 0 Å². The van der Waals surface area contributed by atoms with Crippen LogP contribution in [0.2, 0.25) is 0 Å². The highest BCUT2D eigenvalue weighted by molar-refractivity contribution is 5.74. The highest BCUT2D eigenvalue weighted by Gasteiger charge is 2.15. The van der Waals surface area contributed by atoms with Crippen LogP contribution in [0.5, 0.6) is 5.75 Å². The topological polar surface area (TPSA) is 46.3 Å². The van der Waals surface area contributed by atoms with Crippen molar-refractivity contribution in [2.75, 3.05) is 0 Å². The summed E-state index contributed by atoms with van der Waals surface area (Å²) in [5, 5.41) is 9.39.